The van der Waals surface area contributed by atoms with Gasteiger partial charge in [0.1, 0.15) is 17.2 Å². The third-order valence-corrected chi connectivity index (χ3v) is 3.63. The van der Waals surface area contributed by atoms with Gasteiger partial charge in [0.25, 0.3) is 0 Å². The first kappa shape index (κ1) is 17.3. The summed E-state index contributed by atoms with van der Waals surface area (Å²) < 4.78 is 24.8. The van der Waals surface area contributed by atoms with Gasteiger partial charge in [-0.2, -0.15) is 0 Å². The summed E-state index contributed by atoms with van der Waals surface area (Å²) in [6, 6.07) is 4.87. The van der Waals surface area contributed by atoms with Crippen molar-refractivity contribution in [2.24, 2.45) is 0 Å². The minimum absolute atomic E-state index is 0.307. The van der Waals surface area contributed by atoms with Gasteiger partial charge >= 0.3 is 6.09 Å². The molecule has 0 atom stereocenters. The molecule has 0 heterocycles. The summed E-state index contributed by atoms with van der Waals surface area (Å²) in [4.78, 5) is 12.0. The largest absolute Gasteiger partial charge is 0.494 e. The first-order chi connectivity index (χ1) is 10.7. The summed E-state index contributed by atoms with van der Waals surface area (Å²) in [7, 11) is 0. The number of alkyl carbamates (subject to hydrolysis) is 1. The fourth-order valence-corrected chi connectivity index (χ4v) is 2.40. The minimum atomic E-state index is -0.565. The van der Waals surface area contributed by atoms with Crippen molar-refractivity contribution in [3.8, 4) is 0 Å². The second-order valence-electron chi connectivity index (χ2n) is 6.76. The highest BCUT2D eigenvalue weighted by Crippen LogP contribution is 2.46. The molecular formula is C18H24FNO3. The number of ether oxygens (including phenoxy) is 2. The Balaban J connectivity index is 2.14. The number of halogens is 1. The highest BCUT2D eigenvalue weighted by Gasteiger charge is 2.46. The van der Waals surface area contributed by atoms with E-state index in [-0.39, 0.29) is 0 Å². The average Bonchev–Trinajstić information content (AvgIpc) is 3.17. The molecular weight excluding hydrogens is 297 g/mol. The van der Waals surface area contributed by atoms with Crippen LogP contribution in [0.4, 0.5) is 9.18 Å². The van der Waals surface area contributed by atoms with Crippen molar-refractivity contribution in [2.45, 2.75) is 51.7 Å². The van der Waals surface area contributed by atoms with Crippen LogP contribution in [0.5, 0.6) is 0 Å². The van der Waals surface area contributed by atoms with E-state index in [0.29, 0.717) is 17.9 Å². The maximum absolute atomic E-state index is 14.3. The quantitative estimate of drug-likeness (QED) is 0.820. The average molecular weight is 321 g/mol. The van der Waals surface area contributed by atoms with Crippen molar-refractivity contribution in [3.63, 3.8) is 0 Å². The fourth-order valence-electron chi connectivity index (χ4n) is 2.40. The van der Waals surface area contributed by atoms with Gasteiger partial charge in [-0.1, -0.05) is 12.6 Å². The van der Waals surface area contributed by atoms with E-state index in [2.05, 4.69) is 11.9 Å². The predicted octanol–water partition coefficient (Wildman–Crippen LogP) is 4.35. The van der Waals surface area contributed by atoms with Crippen LogP contribution in [0.3, 0.4) is 0 Å². The second kappa shape index (κ2) is 6.22. The minimum Gasteiger partial charge on any atom is -0.494 e. The maximum atomic E-state index is 14.3. The first-order valence-corrected chi connectivity index (χ1v) is 7.80. The Morgan fingerprint density at radius 1 is 1.39 bits per heavy atom. The molecule has 0 aromatic heterocycles. The van der Waals surface area contributed by atoms with E-state index < -0.39 is 23.1 Å². The van der Waals surface area contributed by atoms with E-state index in [9.17, 15) is 9.18 Å². The molecule has 5 heteroatoms. The normalized spacial score (nSPS) is 15.7. The topological polar surface area (TPSA) is 47.6 Å². The van der Waals surface area contributed by atoms with Gasteiger partial charge in [-0.05, 0) is 58.2 Å². The number of benzene rings is 1. The van der Waals surface area contributed by atoms with Gasteiger partial charge in [0.05, 0.1) is 17.7 Å². The third-order valence-electron chi connectivity index (χ3n) is 3.63. The number of carbonyl (C=O) groups is 1. The molecule has 1 aliphatic carbocycles. The summed E-state index contributed by atoms with van der Waals surface area (Å²) in [5.74, 6) is -0.0975. The molecule has 0 spiro atoms. The fraction of sp³-hybridized carbons (Fsp3) is 0.500. The lowest BCUT2D eigenvalue weighted by Gasteiger charge is -2.24. The van der Waals surface area contributed by atoms with Crippen molar-refractivity contribution in [2.75, 3.05) is 6.61 Å². The van der Waals surface area contributed by atoms with Gasteiger partial charge in [0.2, 0.25) is 0 Å². The molecule has 1 fully saturated rings. The Morgan fingerprint density at radius 3 is 2.52 bits per heavy atom. The van der Waals surface area contributed by atoms with Gasteiger partial charge in [-0.3, -0.25) is 0 Å². The van der Waals surface area contributed by atoms with Crippen molar-refractivity contribution in [1.29, 1.82) is 0 Å². The Morgan fingerprint density at radius 2 is 2.04 bits per heavy atom. The lowest BCUT2D eigenvalue weighted by atomic mass is 10.0. The van der Waals surface area contributed by atoms with E-state index in [4.69, 9.17) is 9.47 Å². The van der Waals surface area contributed by atoms with Crippen molar-refractivity contribution < 1.29 is 18.7 Å². The molecule has 2 rings (SSSR count). The first-order valence-electron chi connectivity index (χ1n) is 7.80. The number of hydrogen-bond acceptors (Lipinski definition) is 3. The molecule has 0 aliphatic heterocycles. The van der Waals surface area contributed by atoms with Crippen LogP contribution in [0.2, 0.25) is 0 Å². The molecule has 126 valence electrons. The maximum Gasteiger partial charge on any atom is 0.408 e. The summed E-state index contributed by atoms with van der Waals surface area (Å²) in [6.07, 6.45) is 1.03. The van der Waals surface area contributed by atoms with Crippen LogP contribution in [-0.4, -0.2) is 18.3 Å². The molecule has 0 radical (unpaired) electrons. The zero-order valence-corrected chi connectivity index (χ0v) is 14.2. The third kappa shape index (κ3) is 4.24. The van der Waals surface area contributed by atoms with Crippen LogP contribution < -0.4 is 5.32 Å². The van der Waals surface area contributed by atoms with Gasteiger partial charge < -0.3 is 14.8 Å². The second-order valence-corrected chi connectivity index (χ2v) is 6.76. The number of amides is 1. The summed E-state index contributed by atoms with van der Waals surface area (Å²) in [6.45, 7) is 11.4. The zero-order chi connectivity index (χ0) is 17.3. The van der Waals surface area contributed by atoms with Crippen LogP contribution in [0.25, 0.3) is 5.76 Å². The van der Waals surface area contributed by atoms with Crippen molar-refractivity contribution in [3.05, 3.63) is 41.7 Å². The Kier molecular flexibility index (Phi) is 4.68. The van der Waals surface area contributed by atoms with Crippen LogP contribution in [0, 0.1) is 5.82 Å². The van der Waals surface area contributed by atoms with Gasteiger partial charge in [0, 0.05) is 0 Å². The molecule has 1 aromatic carbocycles. The highest BCUT2D eigenvalue weighted by atomic mass is 19.1. The Hall–Kier alpha value is -2.04. The van der Waals surface area contributed by atoms with E-state index >= 15 is 0 Å². The Labute approximate surface area is 136 Å². The zero-order valence-electron chi connectivity index (χ0n) is 14.2. The summed E-state index contributed by atoms with van der Waals surface area (Å²) >= 11 is 0. The van der Waals surface area contributed by atoms with Crippen LogP contribution >= 0.6 is 0 Å². The summed E-state index contributed by atoms with van der Waals surface area (Å²) in [5, 5.41) is 2.86. The smallest absolute Gasteiger partial charge is 0.408 e. The number of hydrogen-bond donors (Lipinski definition) is 1. The Bertz CT molecular complexity index is 615. The van der Waals surface area contributed by atoms with E-state index in [1.54, 1.807) is 32.9 Å². The lowest BCUT2D eigenvalue weighted by molar-refractivity contribution is 0.0495. The van der Waals surface area contributed by atoms with E-state index in [1.165, 1.54) is 6.07 Å². The van der Waals surface area contributed by atoms with E-state index in [0.717, 1.165) is 18.4 Å². The molecule has 0 unspecified atom stereocenters. The summed E-state index contributed by atoms with van der Waals surface area (Å²) in [5.41, 5.74) is -0.0309. The molecule has 23 heavy (non-hydrogen) atoms. The number of rotatable bonds is 5. The molecule has 0 saturated heterocycles. The van der Waals surface area contributed by atoms with Gasteiger partial charge in [0.15, 0.2) is 0 Å². The molecule has 1 N–H and O–H groups in total. The number of carbonyl (C=O) groups excluding carboxylic acids is 1. The SMILES string of the molecule is C=C(OCC)c1ccc(C2(NC(=O)OC(C)(C)C)CC2)cc1F. The van der Waals surface area contributed by atoms with Gasteiger partial charge in [-0.15, -0.1) is 0 Å². The van der Waals surface area contributed by atoms with E-state index in [1.807, 2.05) is 6.92 Å². The highest BCUT2D eigenvalue weighted by molar-refractivity contribution is 5.70. The molecule has 1 aromatic rings. The standard InChI is InChI=1S/C18H24FNO3/c1-6-22-12(2)14-8-7-13(11-15(14)19)18(9-10-18)20-16(21)23-17(3,4)5/h7-8,11H,2,6,9-10H2,1,3-5H3,(H,20,21). The van der Waals surface area contributed by atoms with Gasteiger partial charge in [-0.25, -0.2) is 9.18 Å². The van der Waals surface area contributed by atoms with Crippen LogP contribution in [-0.2, 0) is 15.0 Å². The van der Waals surface area contributed by atoms with Crippen LogP contribution in [0.15, 0.2) is 24.8 Å². The molecule has 1 amide bonds. The predicted molar refractivity (Wildman–Crippen MR) is 87.3 cm³/mol. The van der Waals surface area contributed by atoms with Crippen LogP contribution in [0.1, 0.15) is 51.7 Å². The molecule has 1 saturated carbocycles. The number of nitrogens with one attached hydrogen (secondary N) is 1. The molecule has 4 nitrogen and oxygen atoms in total. The molecule has 1 aliphatic rings. The lowest BCUT2D eigenvalue weighted by Crippen LogP contribution is -2.39. The van der Waals surface area contributed by atoms with Crippen molar-refractivity contribution >= 4 is 11.9 Å². The molecule has 0 bridgehead atoms. The monoisotopic (exact) mass is 321 g/mol. The van der Waals surface area contributed by atoms with Crippen molar-refractivity contribution in [1.82, 2.24) is 5.32 Å².